The van der Waals surface area contributed by atoms with Gasteiger partial charge in [-0.2, -0.15) is 5.10 Å². The molecule has 25 heavy (non-hydrogen) atoms. The highest BCUT2D eigenvalue weighted by Crippen LogP contribution is 2.26. The molecule has 0 spiro atoms. The fourth-order valence-electron chi connectivity index (χ4n) is 2.91. The van der Waals surface area contributed by atoms with Gasteiger partial charge < -0.3 is 15.5 Å². The third-order valence-electron chi connectivity index (χ3n) is 3.91. The fourth-order valence-corrected chi connectivity index (χ4v) is 2.91. The number of hydrogen-bond acceptors (Lipinski definition) is 3. The molecule has 7 nitrogen and oxygen atoms in total. The van der Waals surface area contributed by atoms with Crippen LogP contribution in [-0.4, -0.2) is 58.3 Å². The molecular weight excluding hydrogens is 431 g/mol. The molecule has 0 bridgehead atoms. The topological polar surface area (TPSA) is 74.6 Å². The highest BCUT2D eigenvalue weighted by molar-refractivity contribution is 14.0. The lowest BCUT2D eigenvalue weighted by atomic mass is 10.0. The number of halogens is 1. The number of carbonyl (C=O) groups excluding carboxylic acids is 1. The Balaban J connectivity index is 0.00000312. The highest BCUT2D eigenvalue weighted by atomic mass is 127. The van der Waals surface area contributed by atoms with E-state index in [0.717, 1.165) is 32.0 Å². The Morgan fingerprint density at radius 1 is 1.44 bits per heavy atom. The molecule has 1 fully saturated rings. The zero-order valence-corrected chi connectivity index (χ0v) is 18.2. The average Bonchev–Trinajstić information content (AvgIpc) is 3.10. The predicted molar refractivity (Wildman–Crippen MR) is 111 cm³/mol. The van der Waals surface area contributed by atoms with E-state index in [-0.39, 0.29) is 42.0 Å². The van der Waals surface area contributed by atoms with E-state index in [9.17, 15) is 4.79 Å². The molecule has 1 atom stereocenters. The van der Waals surface area contributed by atoms with Crippen LogP contribution in [0, 0.1) is 0 Å². The Morgan fingerprint density at radius 2 is 2.16 bits per heavy atom. The number of nitrogens with zero attached hydrogens (tertiary/aromatic N) is 4. The number of carbonyl (C=O) groups is 1. The molecule has 1 saturated heterocycles. The summed E-state index contributed by atoms with van der Waals surface area (Å²) in [5.41, 5.74) is 1.03. The summed E-state index contributed by atoms with van der Waals surface area (Å²) in [6.45, 7) is 10.7. The summed E-state index contributed by atoms with van der Waals surface area (Å²) >= 11 is 0. The van der Waals surface area contributed by atoms with Gasteiger partial charge >= 0.3 is 0 Å². The molecule has 1 amide bonds. The highest BCUT2D eigenvalue weighted by Gasteiger charge is 2.27. The van der Waals surface area contributed by atoms with Crippen molar-refractivity contribution < 1.29 is 4.79 Å². The van der Waals surface area contributed by atoms with Crippen LogP contribution in [-0.2, 0) is 11.8 Å². The number of likely N-dealkylation sites (tertiary alicyclic amines) is 1. The summed E-state index contributed by atoms with van der Waals surface area (Å²) in [6.07, 6.45) is 5.09. The van der Waals surface area contributed by atoms with Gasteiger partial charge in [0.05, 0.1) is 6.20 Å². The maximum atomic E-state index is 12.0. The van der Waals surface area contributed by atoms with E-state index in [1.807, 2.05) is 45.6 Å². The maximum absolute atomic E-state index is 12.0. The van der Waals surface area contributed by atoms with Crippen LogP contribution in [0.2, 0.25) is 0 Å². The van der Waals surface area contributed by atoms with Crippen LogP contribution in [0.1, 0.15) is 45.6 Å². The van der Waals surface area contributed by atoms with Gasteiger partial charge in [0.1, 0.15) is 6.54 Å². The second-order valence-corrected chi connectivity index (χ2v) is 7.35. The van der Waals surface area contributed by atoms with Crippen LogP contribution in [0.15, 0.2) is 17.4 Å². The van der Waals surface area contributed by atoms with Crippen molar-refractivity contribution in [2.45, 2.75) is 45.6 Å². The normalized spacial score (nSPS) is 18.0. The minimum Gasteiger partial charge on any atom is -0.357 e. The summed E-state index contributed by atoms with van der Waals surface area (Å²) in [5.74, 6) is 1.22. The van der Waals surface area contributed by atoms with Crippen molar-refractivity contribution >= 4 is 35.8 Å². The molecule has 1 aromatic rings. The number of aryl methyl sites for hydroxylation is 1. The molecular formula is C17H31IN6O. The largest absolute Gasteiger partial charge is 0.357 e. The van der Waals surface area contributed by atoms with E-state index in [1.54, 1.807) is 0 Å². The molecule has 1 aliphatic heterocycles. The third-order valence-corrected chi connectivity index (χ3v) is 3.91. The Hall–Kier alpha value is -1.32. The van der Waals surface area contributed by atoms with Gasteiger partial charge in [0.2, 0.25) is 5.91 Å². The van der Waals surface area contributed by atoms with Crippen LogP contribution < -0.4 is 10.6 Å². The van der Waals surface area contributed by atoms with Crippen molar-refractivity contribution in [1.29, 1.82) is 0 Å². The number of nitrogens with one attached hydrogen (secondary N) is 2. The second-order valence-electron chi connectivity index (χ2n) is 7.35. The summed E-state index contributed by atoms with van der Waals surface area (Å²) in [6, 6.07) is 0. The number of guanidine groups is 1. The monoisotopic (exact) mass is 462 g/mol. The molecule has 1 aromatic heterocycles. The van der Waals surface area contributed by atoms with Crippen molar-refractivity contribution in [2.24, 2.45) is 12.0 Å². The lowest BCUT2D eigenvalue weighted by Crippen LogP contribution is -2.44. The van der Waals surface area contributed by atoms with Crippen molar-refractivity contribution in [3.8, 4) is 0 Å². The summed E-state index contributed by atoms with van der Waals surface area (Å²) in [7, 11) is 1.94. The van der Waals surface area contributed by atoms with E-state index in [1.165, 1.54) is 5.56 Å². The summed E-state index contributed by atoms with van der Waals surface area (Å²) in [5, 5.41) is 10.5. The SMILES string of the molecule is CCNC(=NCC(=O)NC(C)(C)C)N1CCC(c2cnn(C)c2)C1.I. The van der Waals surface area contributed by atoms with E-state index < -0.39 is 0 Å². The Bertz CT molecular complexity index is 592. The van der Waals surface area contributed by atoms with Crippen LogP contribution in [0.4, 0.5) is 0 Å². The first-order chi connectivity index (χ1) is 11.3. The van der Waals surface area contributed by atoms with Gasteiger partial charge in [0.15, 0.2) is 5.96 Å². The summed E-state index contributed by atoms with van der Waals surface area (Å²) < 4.78 is 1.84. The number of aromatic nitrogens is 2. The molecule has 2 rings (SSSR count). The van der Waals surface area contributed by atoms with Gasteiger partial charge in [-0.3, -0.25) is 9.48 Å². The smallest absolute Gasteiger partial charge is 0.242 e. The van der Waals surface area contributed by atoms with Crippen LogP contribution in [0.25, 0.3) is 0 Å². The molecule has 1 aliphatic rings. The average molecular weight is 462 g/mol. The van der Waals surface area contributed by atoms with E-state index in [2.05, 4.69) is 31.8 Å². The van der Waals surface area contributed by atoms with Crippen LogP contribution in [0.3, 0.4) is 0 Å². The van der Waals surface area contributed by atoms with Crippen LogP contribution in [0.5, 0.6) is 0 Å². The molecule has 8 heteroatoms. The molecule has 0 saturated carbocycles. The van der Waals surface area contributed by atoms with E-state index in [4.69, 9.17) is 0 Å². The zero-order valence-electron chi connectivity index (χ0n) is 15.9. The Labute approximate surface area is 167 Å². The Morgan fingerprint density at radius 3 is 2.72 bits per heavy atom. The lowest BCUT2D eigenvalue weighted by molar-refractivity contribution is -0.121. The predicted octanol–water partition coefficient (Wildman–Crippen LogP) is 1.71. The third kappa shape index (κ3) is 6.83. The minimum atomic E-state index is -0.232. The molecule has 1 unspecified atom stereocenters. The minimum absolute atomic E-state index is 0. The number of rotatable bonds is 4. The molecule has 142 valence electrons. The van der Waals surface area contributed by atoms with Gasteiger partial charge in [-0.15, -0.1) is 24.0 Å². The molecule has 2 N–H and O–H groups in total. The van der Waals surface area contributed by atoms with E-state index in [0.29, 0.717) is 5.92 Å². The first-order valence-corrected chi connectivity index (χ1v) is 8.61. The summed E-state index contributed by atoms with van der Waals surface area (Å²) in [4.78, 5) is 18.7. The Kier molecular flexibility index (Phi) is 8.17. The molecule has 2 heterocycles. The van der Waals surface area contributed by atoms with Crippen molar-refractivity contribution in [2.75, 3.05) is 26.2 Å². The first kappa shape index (κ1) is 21.7. The van der Waals surface area contributed by atoms with Crippen molar-refractivity contribution in [1.82, 2.24) is 25.3 Å². The zero-order chi connectivity index (χ0) is 17.7. The molecule has 0 radical (unpaired) electrons. The van der Waals surface area contributed by atoms with Gasteiger partial charge in [-0.05, 0) is 39.7 Å². The van der Waals surface area contributed by atoms with Gasteiger partial charge in [-0.25, -0.2) is 4.99 Å². The quantitative estimate of drug-likeness (QED) is 0.406. The molecule has 0 aliphatic carbocycles. The first-order valence-electron chi connectivity index (χ1n) is 8.61. The van der Waals surface area contributed by atoms with E-state index >= 15 is 0 Å². The van der Waals surface area contributed by atoms with Crippen molar-refractivity contribution in [3.63, 3.8) is 0 Å². The van der Waals surface area contributed by atoms with Crippen molar-refractivity contribution in [3.05, 3.63) is 18.0 Å². The van der Waals surface area contributed by atoms with Crippen LogP contribution >= 0.6 is 24.0 Å². The standard InChI is InChI=1S/C17H30N6O.HI/c1-6-18-16(19-10-15(24)21-17(2,3)4)23-8-7-13(12-23)14-9-20-22(5)11-14;/h9,11,13H,6-8,10,12H2,1-5H3,(H,18,19)(H,21,24);1H. The van der Waals surface area contributed by atoms with Gasteiger partial charge in [0.25, 0.3) is 0 Å². The van der Waals surface area contributed by atoms with Gasteiger partial charge in [-0.1, -0.05) is 0 Å². The molecule has 0 aromatic carbocycles. The number of aliphatic imine (C=N–C) groups is 1. The number of hydrogen-bond donors (Lipinski definition) is 2. The maximum Gasteiger partial charge on any atom is 0.242 e. The fraction of sp³-hybridized carbons (Fsp3) is 0.706. The van der Waals surface area contributed by atoms with Gasteiger partial charge in [0, 0.05) is 44.3 Å². The number of amides is 1. The lowest BCUT2D eigenvalue weighted by Gasteiger charge is -2.22. The second kappa shape index (κ2) is 9.40.